The molecule has 0 radical (unpaired) electrons. The maximum Gasteiger partial charge on any atom is 0.128 e. The third-order valence-corrected chi connectivity index (χ3v) is 3.80. The lowest BCUT2D eigenvalue weighted by Crippen LogP contribution is -2.17. The first-order valence-electron chi connectivity index (χ1n) is 7.33. The minimum Gasteiger partial charge on any atom is -0.497 e. The van der Waals surface area contributed by atoms with Crippen LogP contribution < -0.4 is 9.64 Å². The summed E-state index contributed by atoms with van der Waals surface area (Å²) < 4.78 is 5.25. The summed E-state index contributed by atoms with van der Waals surface area (Å²) in [5, 5.41) is 11.2. The van der Waals surface area contributed by atoms with E-state index in [2.05, 4.69) is 40.2 Å². The van der Waals surface area contributed by atoms with Crippen LogP contribution in [0.15, 0.2) is 54.7 Å². The molecule has 0 atom stereocenters. The van der Waals surface area contributed by atoms with Gasteiger partial charge in [0.1, 0.15) is 17.6 Å². The normalized spacial score (nSPS) is 10.3. The molecule has 0 fully saturated rings. The van der Waals surface area contributed by atoms with Crippen molar-refractivity contribution in [3.05, 3.63) is 65.9 Å². The van der Waals surface area contributed by atoms with Gasteiger partial charge in [-0.2, -0.15) is 5.26 Å². The van der Waals surface area contributed by atoms with Gasteiger partial charge >= 0.3 is 0 Å². The summed E-state index contributed by atoms with van der Waals surface area (Å²) >= 11 is 0. The number of rotatable bonds is 4. The molecule has 4 nitrogen and oxygen atoms in total. The summed E-state index contributed by atoms with van der Waals surface area (Å²) in [4.78, 5) is 6.38. The monoisotopic (exact) mass is 303 g/mol. The van der Waals surface area contributed by atoms with Crippen molar-refractivity contribution >= 4 is 16.6 Å². The Morgan fingerprint density at radius 2 is 1.87 bits per heavy atom. The molecule has 0 unspecified atom stereocenters. The number of anilines is 1. The highest BCUT2D eigenvalue weighted by atomic mass is 16.5. The van der Waals surface area contributed by atoms with Crippen molar-refractivity contribution in [1.29, 1.82) is 5.26 Å². The molecule has 3 rings (SSSR count). The lowest BCUT2D eigenvalue weighted by molar-refractivity contribution is 0.415. The van der Waals surface area contributed by atoms with E-state index in [9.17, 15) is 0 Å². The zero-order chi connectivity index (χ0) is 16.2. The molecule has 1 heterocycles. The number of nitriles is 1. The first kappa shape index (κ1) is 14.9. The van der Waals surface area contributed by atoms with Crippen molar-refractivity contribution in [2.75, 3.05) is 19.1 Å². The summed E-state index contributed by atoms with van der Waals surface area (Å²) in [5.74, 6) is 1.71. The molecule has 1 aromatic heterocycles. The average Bonchev–Trinajstić information content (AvgIpc) is 2.61. The predicted octanol–water partition coefficient (Wildman–Crippen LogP) is 3.75. The highest BCUT2D eigenvalue weighted by molar-refractivity contribution is 5.84. The topological polar surface area (TPSA) is 49.1 Å². The van der Waals surface area contributed by atoms with Gasteiger partial charge in [0.2, 0.25) is 0 Å². The lowest BCUT2D eigenvalue weighted by Gasteiger charge is -2.18. The van der Waals surface area contributed by atoms with Gasteiger partial charge in [-0.15, -0.1) is 0 Å². The van der Waals surface area contributed by atoms with Crippen LogP contribution >= 0.6 is 0 Å². The maximum absolute atomic E-state index is 8.83. The Labute approximate surface area is 135 Å². The SMILES string of the molecule is COc1ccc2cc(CN(C)c3ccc(C#N)cn3)ccc2c1. The van der Waals surface area contributed by atoms with Crippen LogP contribution in [0.1, 0.15) is 11.1 Å². The zero-order valence-corrected chi connectivity index (χ0v) is 13.2. The fraction of sp³-hybridized carbons (Fsp3) is 0.158. The van der Waals surface area contributed by atoms with E-state index in [1.54, 1.807) is 19.4 Å². The van der Waals surface area contributed by atoms with E-state index in [1.807, 2.05) is 25.2 Å². The molecule has 0 saturated heterocycles. The van der Waals surface area contributed by atoms with E-state index >= 15 is 0 Å². The van der Waals surface area contributed by atoms with Crippen LogP contribution in [-0.4, -0.2) is 19.1 Å². The van der Waals surface area contributed by atoms with Gasteiger partial charge in [-0.05, 0) is 46.7 Å². The molecule has 2 aromatic carbocycles. The molecular formula is C19H17N3O. The van der Waals surface area contributed by atoms with Gasteiger partial charge in [0.05, 0.1) is 12.7 Å². The molecule has 0 aliphatic rings. The van der Waals surface area contributed by atoms with Crippen LogP contribution in [0.25, 0.3) is 10.8 Å². The molecular weight excluding hydrogens is 286 g/mol. The van der Waals surface area contributed by atoms with Crippen molar-refractivity contribution in [3.63, 3.8) is 0 Å². The van der Waals surface area contributed by atoms with E-state index in [4.69, 9.17) is 10.00 Å². The number of fused-ring (bicyclic) bond motifs is 1. The Morgan fingerprint density at radius 3 is 2.57 bits per heavy atom. The highest BCUT2D eigenvalue weighted by Crippen LogP contribution is 2.23. The second kappa shape index (κ2) is 6.37. The Hall–Kier alpha value is -3.06. The minimum absolute atomic E-state index is 0.571. The van der Waals surface area contributed by atoms with Gasteiger partial charge in [0.15, 0.2) is 0 Å². The summed E-state index contributed by atoms with van der Waals surface area (Å²) in [7, 11) is 3.67. The molecule has 0 N–H and O–H groups in total. The lowest BCUT2D eigenvalue weighted by atomic mass is 10.1. The molecule has 0 amide bonds. The molecule has 0 spiro atoms. The number of methoxy groups -OCH3 is 1. The second-order valence-corrected chi connectivity index (χ2v) is 5.42. The third-order valence-electron chi connectivity index (χ3n) is 3.80. The molecule has 0 aliphatic carbocycles. The van der Waals surface area contributed by atoms with Crippen LogP contribution in [0.2, 0.25) is 0 Å². The number of hydrogen-bond acceptors (Lipinski definition) is 4. The van der Waals surface area contributed by atoms with Gasteiger partial charge in [-0.1, -0.05) is 18.2 Å². The van der Waals surface area contributed by atoms with E-state index in [1.165, 1.54) is 10.9 Å². The Balaban J connectivity index is 1.81. The summed E-state index contributed by atoms with van der Waals surface area (Å²) in [5.41, 5.74) is 1.78. The van der Waals surface area contributed by atoms with E-state index in [0.29, 0.717) is 5.56 Å². The van der Waals surface area contributed by atoms with Crippen LogP contribution in [-0.2, 0) is 6.54 Å². The largest absolute Gasteiger partial charge is 0.497 e. The number of nitrogens with zero attached hydrogens (tertiary/aromatic N) is 3. The number of aromatic nitrogens is 1. The van der Waals surface area contributed by atoms with Gasteiger partial charge in [-0.3, -0.25) is 0 Å². The first-order chi connectivity index (χ1) is 11.2. The number of pyridine rings is 1. The fourth-order valence-corrected chi connectivity index (χ4v) is 2.53. The predicted molar refractivity (Wildman–Crippen MR) is 91.6 cm³/mol. The zero-order valence-electron chi connectivity index (χ0n) is 13.2. The average molecular weight is 303 g/mol. The van der Waals surface area contributed by atoms with Crippen molar-refractivity contribution in [2.24, 2.45) is 0 Å². The molecule has 3 aromatic rings. The van der Waals surface area contributed by atoms with Gasteiger partial charge < -0.3 is 9.64 Å². The summed E-state index contributed by atoms with van der Waals surface area (Å²) in [6, 6.07) is 18.2. The number of hydrogen-bond donors (Lipinski definition) is 0. The molecule has 114 valence electrons. The van der Waals surface area contributed by atoms with Crippen LogP contribution in [0, 0.1) is 11.3 Å². The van der Waals surface area contributed by atoms with Crippen LogP contribution in [0.4, 0.5) is 5.82 Å². The minimum atomic E-state index is 0.571. The van der Waals surface area contributed by atoms with E-state index < -0.39 is 0 Å². The van der Waals surface area contributed by atoms with Crippen LogP contribution in [0.5, 0.6) is 5.75 Å². The third kappa shape index (κ3) is 3.24. The molecule has 0 saturated carbocycles. The Kier molecular flexibility index (Phi) is 4.11. The first-order valence-corrected chi connectivity index (χ1v) is 7.33. The molecule has 0 bridgehead atoms. The Bertz CT molecular complexity index is 866. The van der Waals surface area contributed by atoms with Crippen molar-refractivity contribution in [1.82, 2.24) is 4.98 Å². The fourth-order valence-electron chi connectivity index (χ4n) is 2.53. The Morgan fingerprint density at radius 1 is 1.09 bits per heavy atom. The standard InChI is InChI=1S/C19H17N3O/c1-22(19-8-4-15(11-20)12-21-19)13-14-3-5-17-10-18(23-2)7-6-16(17)9-14/h3-10,12H,13H2,1-2H3. The molecule has 4 heteroatoms. The van der Waals surface area contributed by atoms with Gasteiger partial charge in [-0.25, -0.2) is 4.98 Å². The van der Waals surface area contributed by atoms with Gasteiger partial charge in [0, 0.05) is 19.8 Å². The van der Waals surface area contributed by atoms with E-state index in [-0.39, 0.29) is 0 Å². The van der Waals surface area contributed by atoms with Crippen LogP contribution in [0.3, 0.4) is 0 Å². The smallest absolute Gasteiger partial charge is 0.128 e. The van der Waals surface area contributed by atoms with Gasteiger partial charge in [0.25, 0.3) is 0 Å². The number of ether oxygens (including phenoxy) is 1. The highest BCUT2D eigenvalue weighted by Gasteiger charge is 2.05. The summed E-state index contributed by atoms with van der Waals surface area (Å²) in [6.07, 6.45) is 1.60. The van der Waals surface area contributed by atoms with Crippen molar-refractivity contribution in [2.45, 2.75) is 6.54 Å². The molecule has 23 heavy (non-hydrogen) atoms. The number of benzene rings is 2. The summed E-state index contributed by atoms with van der Waals surface area (Å²) in [6.45, 7) is 0.751. The maximum atomic E-state index is 8.83. The van der Waals surface area contributed by atoms with E-state index in [0.717, 1.165) is 23.5 Å². The second-order valence-electron chi connectivity index (χ2n) is 5.42. The molecule has 0 aliphatic heterocycles. The quantitative estimate of drug-likeness (QED) is 0.736. The van der Waals surface area contributed by atoms with Crippen molar-refractivity contribution in [3.8, 4) is 11.8 Å². The van der Waals surface area contributed by atoms with Crippen molar-refractivity contribution < 1.29 is 4.74 Å².